The Morgan fingerprint density at radius 1 is 1.35 bits per heavy atom. The van der Waals surface area contributed by atoms with Crippen molar-refractivity contribution in [3.63, 3.8) is 0 Å². The van der Waals surface area contributed by atoms with Gasteiger partial charge in [-0.3, -0.25) is 4.79 Å². The highest BCUT2D eigenvalue weighted by Crippen LogP contribution is 2.23. The summed E-state index contributed by atoms with van der Waals surface area (Å²) in [6.07, 6.45) is -0.0848. The SMILES string of the molecule is NC(=O)CCC(NC(=O)NCC1CSCCS1)C(=O)O. The molecule has 1 aliphatic heterocycles. The number of primary amides is 1. The predicted octanol–water partition coefficient (Wildman–Crippen LogP) is -0.147. The number of carbonyl (C=O) groups excluding carboxylic acids is 2. The van der Waals surface area contributed by atoms with E-state index in [2.05, 4.69) is 10.6 Å². The first kappa shape index (κ1) is 17.0. The standard InChI is InChI=1S/C11H19N3O4S2/c12-9(15)2-1-8(10(16)17)14-11(18)13-5-7-6-19-3-4-20-7/h7-8H,1-6H2,(H2,12,15)(H,16,17)(H2,13,14,18). The van der Waals surface area contributed by atoms with Gasteiger partial charge in [-0.05, 0) is 6.42 Å². The summed E-state index contributed by atoms with van der Waals surface area (Å²) in [5.74, 6) is 1.41. The van der Waals surface area contributed by atoms with Gasteiger partial charge in [0.15, 0.2) is 0 Å². The van der Waals surface area contributed by atoms with Crippen molar-refractivity contribution in [3.8, 4) is 0 Å². The minimum Gasteiger partial charge on any atom is -0.480 e. The number of urea groups is 1. The molecule has 0 aromatic rings. The van der Waals surface area contributed by atoms with E-state index in [4.69, 9.17) is 10.8 Å². The number of carboxylic acids is 1. The molecular formula is C11H19N3O4S2. The number of amides is 3. The zero-order chi connectivity index (χ0) is 15.0. The number of aliphatic carboxylic acids is 1. The summed E-state index contributed by atoms with van der Waals surface area (Å²) in [7, 11) is 0. The molecule has 1 rings (SSSR count). The summed E-state index contributed by atoms with van der Waals surface area (Å²) >= 11 is 3.65. The van der Waals surface area contributed by atoms with Crippen LogP contribution in [0.1, 0.15) is 12.8 Å². The van der Waals surface area contributed by atoms with E-state index >= 15 is 0 Å². The number of rotatable bonds is 7. The Morgan fingerprint density at radius 3 is 2.65 bits per heavy atom. The van der Waals surface area contributed by atoms with Gasteiger partial charge >= 0.3 is 12.0 Å². The van der Waals surface area contributed by atoms with Crippen LogP contribution in [-0.2, 0) is 9.59 Å². The summed E-state index contributed by atoms with van der Waals surface area (Å²) in [5.41, 5.74) is 4.96. The van der Waals surface area contributed by atoms with Gasteiger partial charge in [-0.1, -0.05) is 0 Å². The molecule has 0 aromatic carbocycles. The Balaban J connectivity index is 2.29. The molecule has 9 heteroatoms. The van der Waals surface area contributed by atoms with Crippen LogP contribution in [0.15, 0.2) is 0 Å². The number of carbonyl (C=O) groups is 3. The van der Waals surface area contributed by atoms with Crippen LogP contribution in [0.2, 0.25) is 0 Å². The highest BCUT2D eigenvalue weighted by atomic mass is 32.2. The van der Waals surface area contributed by atoms with Gasteiger partial charge in [-0.15, -0.1) is 0 Å². The molecule has 0 aliphatic carbocycles. The van der Waals surface area contributed by atoms with Crippen molar-refractivity contribution in [2.75, 3.05) is 23.8 Å². The van der Waals surface area contributed by atoms with E-state index in [1.54, 1.807) is 11.8 Å². The van der Waals surface area contributed by atoms with Crippen molar-refractivity contribution in [1.82, 2.24) is 10.6 Å². The lowest BCUT2D eigenvalue weighted by molar-refractivity contribution is -0.139. The molecule has 5 N–H and O–H groups in total. The van der Waals surface area contributed by atoms with E-state index in [1.807, 2.05) is 11.8 Å². The maximum absolute atomic E-state index is 11.6. The Labute approximate surface area is 125 Å². The molecule has 0 bridgehead atoms. The number of hydrogen-bond acceptors (Lipinski definition) is 5. The van der Waals surface area contributed by atoms with Gasteiger partial charge in [0.1, 0.15) is 6.04 Å². The van der Waals surface area contributed by atoms with Crippen LogP contribution in [0.4, 0.5) is 4.79 Å². The highest BCUT2D eigenvalue weighted by Gasteiger charge is 2.21. The average molecular weight is 321 g/mol. The van der Waals surface area contributed by atoms with Crippen molar-refractivity contribution in [2.45, 2.75) is 24.1 Å². The van der Waals surface area contributed by atoms with Crippen LogP contribution in [0, 0.1) is 0 Å². The molecule has 0 aromatic heterocycles. The van der Waals surface area contributed by atoms with Gasteiger partial charge in [-0.2, -0.15) is 23.5 Å². The summed E-state index contributed by atoms with van der Waals surface area (Å²) in [6.45, 7) is 0.506. The number of nitrogens with two attached hydrogens (primary N) is 1. The van der Waals surface area contributed by atoms with Gasteiger partial charge in [0.05, 0.1) is 0 Å². The van der Waals surface area contributed by atoms with Crippen LogP contribution < -0.4 is 16.4 Å². The minimum absolute atomic E-state index is 0.00782. The largest absolute Gasteiger partial charge is 0.480 e. The van der Waals surface area contributed by atoms with Gasteiger partial charge in [0.2, 0.25) is 5.91 Å². The van der Waals surface area contributed by atoms with Crippen molar-refractivity contribution >= 4 is 41.4 Å². The molecule has 0 saturated carbocycles. The predicted molar refractivity (Wildman–Crippen MR) is 80.0 cm³/mol. The Bertz CT molecular complexity index is 362. The third-order valence-corrected chi connectivity index (χ3v) is 5.50. The van der Waals surface area contributed by atoms with E-state index in [0.717, 1.165) is 17.3 Å². The van der Waals surface area contributed by atoms with Gasteiger partial charge in [0.25, 0.3) is 0 Å². The quantitative estimate of drug-likeness (QED) is 0.517. The third-order valence-electron chi connectivity index (χ3n) is 2.66. The second-order valence-electron chi connectivity index (χ2n) is 4.32. The van der Waals surface area contributed by atoms with Crippen molar-refractivity contribution in [3.05, 3.63) is 0 Å². The molecule has 7 nitrogen and oxygen atoms in total. The first-order chi connectivity index (χ1) is 9.49. The third kappa shape index (κ3) is 6.90. The molecule has 1 fully saturated rings. The zero-order valence-corrected chi connectivity index (χ0v) is 12.6. The van der Waals surface area contributed by atoms with Gasteiger partial charge in [-0.25, -0.2) is 9.59 Å². The first-order valence-electron chi connectivity index (χ1n) is 6.24. The molecule has 1 saturated heterocycles. The van der Waals surface area contributed by atoms with Crippen molar-refractivity contribution in [2.24, 2.45) is 5.73 Å². The van der Waals surface area contributed by atoms with Crippen LogP contribution in [-0.4, -0.2) is 58.1 Å². The average Bonchev–Trinajstić information content (AvgIpc) is 2.41. The van der Waals surface area contributed by atoms with E-state index in [1.165, 1.54) is 0 Å². The fraction of sp³-hybridized carbons (Fsp3) is 0.727. The normalized spacial score (nSPS) is 19.9. The Morgan fingerprint density at radius 2 is 2.10 bits per heavy atom. The minimum atomic E-state index is -1.18. The smallest absolute Gasteiger partial charge is 0.326 e. The Hall–Kier alpha value is -1.09. The number of carboxylic acid groups (broad SMARTS) is 1. The van der Waals surface area contributed by atoms with E-state index in [-0.39, 0.29) is 12.8 Å². The van der Waals surface area contributed by atoms with E-state index < -0.39 is 23.9 Å². The maximum Gasteiger partial charge on any atom is 0.326 e. The van der Waals surface area contributed by atoms with Gasteiger partial charge < -0.3 is 21.5 Å². The van der Waals surface area contributed by atoms with E-state index in [0.29, 0.717) is 11.8 Å². The lowest BCUT2D eigenvalue weighted by atomic mass is 10.1. The second-order valence-corrected chi connectivity index (χ2v) is 6.88. The number of hydrogen-bond donors (Lipinski definition) is 4. The van der Waals surface area contributed by atoms with Gasteiger partial charge in [0, 0.05) is 35.5 Å². The zero-order valence-electron chi connectivity index (χ0n) is 11.0. The lowest BCUT2D eigenvalue weighted by Crippen LogP contribution is -2.48. The van der Waals surface area contributed by atoms with Crippen molar-refractivity contribution < 1.29 is 19.5 Å². The molecule has 1 heterocycles. The molecule has 2 atom stereocenters. The highest BCUT2D eigenvalue weighted by molar-refractivity contribution is 8.06. The van der Waals surface area contributed by atoms with Crippen LogP contribution in [0.5, 0.6) is 0 Å². The molecule has 3 amide bonds. The lowest BCUT2D eigenvalue weighted by Gasteiger charge is -2.22. The fourth-order valence-corrected chi connectivity index (χ4v) is 4.23. The Kier molecular flexibility index (Phi) is 7.60. The van der Waals surface area contributed by atoms with Crippen molar-refractivity contribution in [1.29, 1.82) is 0 Å². The monoisotopic (exact) mass is 321 g/mol. The number of thioether (sulfide) groups is 2. The maximum atomic E-state index is 11.6. The van der Waals surface area contributed by atoms with Crippen LogP contribution in [0.25, 0.3) is 0 Å². The summed E-state index contributed by atoms with van der Waals surface area (Å²) in [4.78, 5) is 33.2. The summed E-state index contributed by atoms with van der Waals surface area (Å²) < 4.78 is 0. The van der Waals surface area contributed by atoms with Crippen LogP contribution in [0.3, 0.4) is 0 Å². The molecule has 0 radical (unpaired) electrons. The second kappa shape index (κ2) is 8.96. The molecule has 114 valence electrons. The topological polar surface area (TPSA) is 122 Å². The summed E-state index contributed by atoms with van der Waals surface area (Å²) in [5, 5.41) is 14.3. The van der Waals surface area contributed by atoms with E-state index in [9.17, 15) is 14.4 Å². The van der Waals surface area contributed by atoms with Crippen LogP contribution >= 0.6 is 23.5 Å². The molecular weight excluding hydrogens is 302 g/mol. The number of nitrogens with one attached hydrogen (secondary N) is 2. The molecule has 1 aliphatic rings. The first-order valence-corrected chi connectivity index (χ1v) is 8.44. The fourth-order valence-electron chi connectivity index (χ4n) is 1.61. The molecule has 20 heavy (non-hydrogen) atoms. The molecule has 2 unspecified atom stereocenters. The molecule has 0 spiro atoms. The summed E-state index contributed by atoms with van der Waals surface area (Å²) in [6, 6.07) is -1.63.